The summed E-state index contributed by atoms with van der Waals surface area (Å²) in [6.45, 7) is 4.41. The molecule has 120 valence electrons. The van der Waals surface area contributed by atoms with Crippen molar-refractivity contribution >= 4 is 21.9 Å². The molecule has 0 aromatic carbocycles. The van der Waals surface area contributed by atoms with Crippen molar-refractivity contribution in [2.75, 3.05) is 39.5 Å². The van der Waals surface area contributed by atoms with E-state index in [0.29, 0.717) is 24.0 Å². The number of hydrogen-bond donors (Lipinski definition) is 1. The third-order valence-electron chi connectivity index (χ3n) is 2.69. The van der Waals surface area contributed by atoms with Gasteiger partial charge in [-0.2, -0.15) is 8.42 Å². The lowest BCUT2D eigenvalue weighted by Crippen LogP contribution is -2.43. The molecule has 0 bridgehead atoms. The van der Waals surface area contributed by atoms with Gasteiger partial charge in [0.05, 0.1) is 26.4 Å². The number of nitrogens with zero attached hydrogens (tertiary/aromatic N) is 1. The topological polar surface area (TPSA) is 97.7 Å². The lowest BCUT2D eigenvalue weighted by Gasteiger charge is -2.29. The number of carbonyl (C=O) groups is 2. The SMILES string of the molecule is C=CC(=O)C=CC(=O)OCC[N+](C)(C)CCCS(=O)(=O)O. The van der Waals surface area contributed by atoms with Gasteiger partial charge in [-0.25, -0.2) is 4.79 Å². The smallest absolute Gasteiger partial charge is 0.331 e. The highest BCUT2D eigenvalue weighted by Gasteiger charge is 2.17. The van der Waals surface area contributed by atoms with E-state index >= 15 is 0 Å². The van der Waals surface area contributed by atoms with E-state index in [9.17, 15) is 18.0 Å². The lowest BCUT2D eigenvalue weighted by atomic mass is 10.3. The first-order valence-electron chi connectivity index (χ1n) is 6.34. The van der Waals surface area contributed by atoms with Gasteiger partial charge in [-0.3, -0.25) is 9.35 Å². The molecule has 1 N–H and O–H groups in total. The molecule has 0 aliphatic rings. The van der Waals surface area contributed by atoms with Crippen molar-refractivity contribution in [3.8, 4) is 0 Å². The molecule has 8 heteroatoms. The van der Waals surface area contributed by atoms with E-state index in [1.54, 1.807) is 0 Å². The van der Waals surface area contributed by atoms with Gasteiger partial charge in [-0.15, -0.1) is 0 Å². The first-order valence-corrected chi connectivity index (χ1v) is 7.95. The van der Waals surface area contributed by atoms with Crippen LogP contribution in [0.5, 0.6) is 0 Å². The minimum Gasteiger partial charge on any atom is -0.457 e. The average Bonchev–Trinajstić information content (AvgIpc) is 2.33. The summed E-state index contributed by atoms with van der Waals surface area (Å²) in [5, 5.41) is 0. The molecule has 0 unspecified atom stereocenters. The predicted molar refractivity (Wildman–Crippen MR) is 78.2 cm³/mol. The van der Waals surface area contributed by atoms with E-state index in [1.807, 2.05) is 14.1 Å². The zero-order valence-electron chi connectivity index (χ0n) is 12.3. The third-order valence-corrected chi connectivity index (χ3v) is 3.50. The minimum absolute atomic E-state index is 0.143. The Balaban J connectivity index is 4.03. The van der Waals surface area contributed by atoms with Crippen molar-refractivity contribution in [3.63, 3.8) is 0 Å². The number of allylic oxidation sites excluding steroid dienone is 2. The van der Waals surface area contributed by atoms with E-state index in [0.717, 1.165) is 18.2 Å². The second-order valence-electron chi connectivity index (χ2n) is 5.13. The highest BCUT2D eigenvalue weighted by molar-refractivity contribution is 7.85. The maximum Gasteiger partial charge on any atom is 0.331 e. The fourth-order valence-corrected chi connectivity index (χ4v) is 1.94. The largest absolute Gasteiger partial charge is 0.457 e. The van der Waals surface area contributed by atoms with E-state index in [1.165, 1.54) is 0 Å². The monoisotopic (exact) mass is 320 g/mol. The molecule has 0 fully saturated rings. The molecule has 0 saturated heterocycles. The van der Waals surface area contributed by atoms with E-state index in [-0.39, 0.29) is 18.1 Å². The second kappa shape index (κ2) is 8.71. The first-order chi connectivity index (χ1) is 9.56. The quantitative estimate of drug-likeness (QED) is 0.267. The Kier molecular flexibility index (Phi) is 8.08. The predicted octanol–water partition coefficient (Wildman–Crippen LogP) is 0.195. The number of likely N-dealkylation sites (N-methyl/N-ethyl adjacent to an activating group) is 1. The van der Waals surface area contributed by atoms with Crippen molar-refractivity contribution in [1.82, 2.24) is 0 Å². The summed E-state index contributed by atoms with van der Waals surface area (Å²) in [6, 6.07) is 0. The number of esters is 1. The third kappa shape index (κ3) is 12.0. The molecule has 7 nitrogen and oxygen atoms in total. The lowest BCUT2D eigenvalue weighted by molar-refractivity contribution is -0.890. The molecule has 21 heavy (non-hydrogen) atoms. The van der Waals surface area contributed by atoms with Crippen LogP contribution in [0, 0.1) is 0 Å². The van der Waals surface area contributed by atoms with Gasteiger partial charge < -0.3 is 9.22 Å². The van der Waals surface area contributed by atoms with E-state index in [2.05, 4.69) is 6.58 Å². The summed E-state index contributed by atoms with van der Waals surface area (Å²) in [5.41, 5.74) is 0. The minimum atomic E-state index is -3.94. The highest BCUT2D eigenvalue weighted by atomic mass is 32.2. The Morgan fingerprint density at radius 1 is 1.24 bits per heavy atom. The van der Waals surface area contributed by atoms with Crippen molar-refractivity contribution in [1.29, 1.82) is 0 Å². The number of hydrogen-bond acceptors (Lipinski definition) is 5. The Bertz CT molecular complexity index is 507. The van der Waals surface area contributed by atoms with Gasteiger partial charge in [0.1, 0.15) is 13.2 Å². The summed E-state index contributed by atoms with van der Waals surface area (Å²) in [4.78, 5) is 22.1. The van der Waals surface area contributed by atoms with Gasteiger partial charge in [-0.1, -0.05) is 6.58 Å². The molecule has 0 aliphatic heterocycles. The number of ether oxygens (including phenoxy) is 1. The van der Waals surface area contributed by atoms with Crippen molar-refractivity contribution in [2.24, 2.45) is 0 Å². The van der Waals surface area contributed by atoms with E-state index < -0.39 is 16.1 Å². The second-order valence-corrected chi connectivity index (χ2v) is 6.70. The molecule has 0 atom stereocenters. The maximum atomic E-state index is 11.3. The Labute approximate surface area is 125 Å². The molecule has 0 aromatic heterocycles. The number of rotatable bonds is 10. The Morgan fingerprint density at radius 3 is 2.38 bits per heavy atom. The summed E-state index contributed by atoms with van der Waals surface area (Å²) >= 11 is 0. The van der Waals surface area contributed by atoms with Crippen molar-refractivity contribution in [2.45, 2.75) is 6.42 Å². The van der Waals surface area contributed by atoms with E-state index in [4.69, 9.17) is 9.29 Å². The van der Waals surface area contributed by atoms with Crippen LogP contribution >= 0.6 is 0 Å². The average molecular weight is 320 g/mol. The van der Waals surface area contributed by atoms with Crippen LogP contribution in [-0.4, -0.2) is 68.8 Å². The van der Waals surface area contributed by atoms with Gasteiger partial charge in [0.25, 0.3) is 10.1 Å². The molecule has 0 amide bonds. The summed E-state index contributed by atoms with van der Waals surface area (Å²) in [7, 11) is -0.231. The molecule has 0 radical (unpaired) electrons. The normalized spacial score (nSPS) is 12.3. The molecule has 0 rings (SSSR count). The van der Waals surface area contributed by atoms with Crippen LogP contribution in [0.15, 0.2) is 24.8 Å². The van der Waals surface area contributed by atoms with Crippen LogP contribution in [0.25, 0.3) is 0 Å². The van der Waals surface area contributed by atoms with Crippen molar-refractivity contribution in [3.05, 3.63) is 24.8 Å². The molecule has 0 saturated carbocycles. The Hall–Kier alpha value is -1.51. The summed E-state index contributed by atoms with van der Waals surface area (Å²) < 4.78 is 35.2. The van der Waals surface area contributed by atoms with Crippen LogP contribution in [0.1, 0.15) is 6.42 Å². The standard InChI is InChI=1S/C13H21NO6S/c1-4-12(15)6-7-13(16)20-10-9-14(2,3)8-5-11-21(17,18)19/h4,6-7H,1,5,8-11H2,2-3H3/p+1. The number of quaternary nitrogens is 1. The van der Waals surface area contributed by atoms with Crippen LogP contribution in [-0.2, 0) is 24.4 Å². The van der Waals surface area contributed by atoms with Crippen LogP contribution in [0.2, 0.25) is 0 Å². The van der Waals surface area contributed by atoms with Crippen LogP contribution in [0.4, 0.5) is 0 Å². The van der Waals surface area contributed by atoms with Gasteiger partial charge in [-0.05, 0) is 12.2 Å². The molecule has 0 heterocycles. The van der Waals surface area contributed by atoms with Gasteiger partial charge in [0.15, 0.2) is 5.78 Å². The van der Waals surface area contributed by atoms with Crippen LogP contribution in [0.3, 0.4) is 0 Å². The Morgan fingerprint density at radius 2 is 1.86 bits per heavy atom. The van der Waals surface area contributed by atoms with Gasteiger partial charge in [0, 0.05) is 12.5 Å². The van der Waals surface area contributed by atoms with Crippen LogP contribution < -0.4 is 0 Å². The summed E-state index contributed by atoms with van der Waals surface area (Å²) in [6.07, 6.45) is 3.50. The number of carbonyl (C=O) groups excluding carboxylic acids is 2. The summed E-state index contributed by atoms with van der Waals surface area (Å²) in [5.74, 6) is -1.29. The fourth-order valence-electron chi connectivity index (χ4n) is 1.45. The molecular formula is C13H22NO6S+. The molecule has 0 spiro atoms. The highest BCUT2D eigenvalue weighted by Crippen LogP contribution is 2.01. The zero-order valence-corrected chi connectivity index (χ0v) is 13.1. The van der Waals surface area contributed by atoms with Crippen molar-refractivity contribution < 1.29 is 31.8 Å². The molecule has 0 aromatic rings. The molecule has 0 aliphatic carbocycles. The first kappa shape index (κ1) is 19.5. The molecular weight excluding hydrogens is 298 g/mol. The number of ketones is 1. The fraction of sp³-hybridized carbons (Fsp3) is 0.538. The van der Waals surface area contributed by atoms with Gasteiger partial charge >= 0.3 is 5.97 Å². The van der Waals surface area contributed by atoms with Gasteiger partial charge in [0.2, 0.25) is 0 Å². The maximum absolute atomic E-state index is 11.3. The zero-order chi connectivity index (χ0) is 16.5.